The van der Waals surface area contributed by atoms with Gasteiger partial charge >= 0.3 is 0 Å². The molecule has 1 heteroatoms. The highest BCUT2D eigenvalue weighted by Crippen LogP contribution is 2.51. The van der Waals surface area contributed by atoms with E-state index in [1.54, 1.807) is 0 Å². The molecule has 0 spiro atoms. The molecule has 2 aromatic carbocycles. The summed E-state index contributed by atoms with van der Waals surface area (Å²) in [5.41, 5.74) is 6.16. The maximum atomic E-state index is 2.48. The molecule has 0 unspecified atom stereocenters. The van der Waals surface area contributed by atoms with Crippen LogP contribution in [-0.2, 0) is 5.41 Å². The Morgan fingerprint density at radius 2 is 1.29 bits per heavy atom. The Bertz CT molecular complexity index is 603. The topological polar surface area (TPSA) is 0 Å². The largest absolute Gasteiger partial charge is 0.0695 e. The van der Waals surface area contributed by atoms with E-state index in [0.29, 0.717) is 0 Å². The van der Waals surface area contributed by atoms with Crippen molar-refractivity contribution in [2.24, 2.45) is 0 Å². The van der Waals surface area contributed by atoms with Gasteiger partial charge in [-0.25, -0.2) is 0 Å². The number of hydrogen-bond donors (Lipinski definition) is 0. The predicted octanol–water partition coefficient (Wildman–Crippen LogP) is 6.09. The smallest absolute Gasteiger partial charge is 0.0442 e. The highest BCUT2D eigenvalue weighted by Gasteiger charge is 2.38. The first-order chi connectivity index (χ1) is 9.92. The van der Waals surface area contributed by atoms with Gasteiger partial charge in [0.2, 0.25) is 0 Å². The van der Waals surface area contributed by atoms with Gasteiger partial charge in [0.15, 0.2) is 0 Å². The van der Waals surface area contributed by atoms with E-state index in [-0.39, 0.29) is 5.41 Å². The Kier molecular flexibility index (Phi) is 3.57. The fourth-order valence-corrected chi connectivity index (χ4v) is 5.02. The number of rotatable bonds is 4. The van der Waals surface area contributed by atoms with Crippen molar-refractivity contribution in [3.8, 4) is 11.1 Å². The molecule has 1 aliphatic rings. The van der Waals surface area contributed by atoms with Crippen LogP contribution in [0.25, 0.3) is 11.1 Å². The second-order valence-electron chi connectivity index (χ2n) is 7.84. The maximum Gasteiger partial charge on any atom is 0.0442 e. The summed E-state index contributed by atoms with van der Waals surface area (Å²) in [5.74, 6) is 0. The van der Waals surface area contributed by atoms with Crippen LogP contribution in [0.5, 0.6) is 0 Å². The third kappa shape index (κ3) is 2.60. The summed E-state index contributed by atoms with van der Waals surface area (Å²) in [7, 11) is -0.945. The van der Waals surface area contributed by atoms with E-state index >= 15 is 0 Å². The molecule has 2 aromatic rings. The monoisotopic (exact) mass is 294 g/mol. The second-order valence-corrected chi connectivity index (χ2v) is 13.5. The van der Waals surface area contributed by atoms with Crippen LogP contribution in [0.4, 0.5) is 0 Å². The molecular weight excluding hydrogens is 268 g/mol. The Labute approximate surface area is 130 Å². The molecule has 0 saturated heterocycles. The van der Waals surface area contributed by atoms with E-state index in [9.17, 15) is 0 Å². The molecule has 0 radical (unpaired) electrons. The van der Waals surface area contributed by atoms with Crippen molar-refractivity contribution >= 4 is 8.07 Å². The van der Waals surface area contributed by atoms with Gasteiger partial charge in [0, 0.05) is 13.5 Å². The van der Waals surface area contributed by atoms with Gasteiger partial charge in [0.25, 0.3) is 0 Å². The average Bonchev–Trinajstić information content (AvgIpc) is 2.69. The predicted molar refractivity (Wildman–Crippen MR) is 95.7 cm³/mol. The van der Waals surface area contributed by atoms with Crippen molar-refractivity contribution in [1.82, 2.24) is 0 Å². The lowest BCUT2D eigenvalue weighted by atomic mass is 9.77. The molecule has 0 heterocycles. The van der Waals surface area contributed by atoms with E-state index in [0.717, 1.165) is 0 Å². The first kappa shape index (κ1) is 14.6. The van der Waals surface area contributed by atoms with E-state index in [1.807, 2.05) is 0 Å². The van der Waals surface area contributed by atoms with Gasteiger partial charge in [-0.15, -0.1) is 0 Å². The molecule has 0 amide bonds. The van der Waals surface area contributed by atoms with E-state index < -0.39 is 8.07 Å². The molecule has 0 saturated carbocycles. The zero-order valence-corrected chi connectivity index (χ0v) is 14.7. The minimum absolute atomic E-state index is 0.201. The van der Waals surface area contributed by atoms with Gasteiger partial charge in [0.05, 0.1) is 0 Å². The third-order valence-corrected chi connectivity index (χ3v) is 6.79. The van der Waals surface area contributed by atoms with Crippen LogP contribution in [0.2, 0.25) is 25.7 Å². The standard InChI is InChI=1S/C20H26Si/c1-20(14-9-15-21(2,3)4)18-12-7-5-10-16(18)17-11-6-8-13-19(17)20/h5-8,10-13H,9,14-15H2,1-4H3. The highest BCUT2D eigenvalue weighted by molar-refractivity contribution is 6.76. The lowest BCUT2D eigenvalue weighted by Gasteiger charge is -2.28. The molecular formula is C20H26Si. The first-order valence-corrected chi connectivity index (χ1v) is 11.8. The average molecular weight is 295 g/mol. The summed E-state index contributed by atoms with van der Waals surface area (Å²) in [6, 6.07) is 19.4. The molecule has 3 rings (SSSR count). The fourth-order valence-electron chi connectivity index (χ4n) is 3.78. The van der Waals surface area contributed by atoms with Gasteiger partial charge in [-0.3, -0.25) is 0 Å². The molecule has 0 bridgehead atoms. The maximum absolute atomic E-state index is 2.48. The van der Waals surface area contributed by atoms with Crippen LogP contribution in [-0.4, -0.2) is 8.07 Å². The van der Waals surface area contributed by atoms with E-state index in [1.165, 1.54) is 41.1 Å². The van der Waals surface area contributed by atoms with E-state index in [4.69, 9.17) is 0 Å². The first-order valence-electron chi connectivity index (χ1n) is 8.11. The molecule has 1 aliphatic carbocycles. The fraction of sp³-hybridized carbons (Fsp3) is 0.400. The molecule has 110 valence electrons. The van der Waals surface area contributed by atoms with Crippen LogP contribution in [0.15, 0.2) is 48.5 Å². The summed E-state index contributed by atoms with van der Waals surface area (Å²) < 4.78 is 0. The van der Waals surface area contributed by atoms with Gasteiger partial charge in [-0.2, -0.15) is 0 Å². The summed E-state index contributed by atoms with van der Waals surface area (Å²) >= 11 is 0. The Morgan fingerprint density at radius 1 is 0.810 bits per heavy atom. The van der Waals surface area contributed by atoms with Crippen LogP contribution in [0.1, 0.15) is 30.9 Å². The minimum atomic E-state index is -0.945. The van der Waals surface area contributed by atoms with Crippen LogP contribution in [0.3, 0.4) is 0 Å². The summed E-state index contributed by atoms with van der Waals surface area (Å²) in [5, 5.41) is 0. The van der Waals surface area contributed by atoms with Crippen molar-refractivity contribution in [3.05, 3.63) is 59.7 Å². The van der Waals surface area contributed by atoms with Crippen molar-refractivity contribution in [2.45, 2.75) is 50.9 Å². The van der Waals surface area contributed by atoms with Crippen molar-refractivity contribution in [2.75, 3.05) is 0 Å². The van der Waals surface area contributed by atoms with Crippen LogP contribution in [0, 0.1) is 0 Å². The molecule has 21 heavy (non-hydrogen) atoms. The van der Waals surface area contributed by atoms with Gasteiger partial charge in [0.1, 0.15) is 0 Å². The normalized spacial score (nSPS) is 15.6. The number of hydrogen-bond acceptors (Lipinski definition) is 0. The summed E-state index contributed by atoms with van der Waals surface area (Å²) in [4.78, 5) is 0. The Morgan fingerprint density at radius 3 is 1.76 bits per heavy atom. The SMILES string of the molecule is CC1(CCC[Si](C)(C)C)c2ccccc2-c2ccccc21. The highest BCUT2D eigenvalue weighted by atomic mass is 28.3. The quantitative estimate of drug-likeness (QED) is 0.598. The van der Waals surface area contributed by atoms with Gasteiger partial charge < -0.3 is 0 Å². The van der Waals surface area contributed by atoms with Gasteiger partial charge in [-0.1, -0.05) is 87.6 Å². The number of fused-ring (bicyclic) bond motifs is 3. The second kappa shape index (κ2) is 5.13. The molecule has 0 atom stereocenters. The zero-order chi connectivity index (χ0) is 15.1. The number of benzene rings is 2. The minimum Gasteiger partial charge on any atom is -0.0695 e. The summed E-state index contributed by atoms with van der Waals surface area (Å²) in [6.45, 7) is 9.88. The lowest BCUT2D eigenvalue weighted by Crippen LogP contribution is -2.24. The Hall–Kier alpha value is -1.34. The van der Waals surface area contributed by atoms with E-state index in [2.05, 4.69) is 75.1 Å². The van der Waals surface area contributed by atoms with Crippen LogP contribution >= 0.6 is 0 Å². The summed E-state index contributed by atoms with van der Waals surface area (Å²) in [6.07, 6.45) is 2.61. The Balaban J connectivity index is 1.97. The van der Waals surface area contributed by atoms with Crippen molar-refractivity contribution in [3.63, 3.8) is 0 Å². The molecule has 0 aromatic heterocycles. The van der Waals surface area contributed by atoms with Crippen molar-refractivity contribution in [1.29, 1.82) is 0 Å². The van der Waals surface area contributed by atoms with Gasteiger partial charge in [-0.05, 0) is 28.7 Å². The molecule has 0 aliphatic heterocycles. The third-order valence-electron chi connectivity index (χ3n) is 4.94. The molecule has 0 fully saturated rings. The van der Waals surface area contributed by atoms with Crippen LogP contribution < -0.4 is 0 Å². The zero-order valence-electron chi connectivity index (χ0n) is 13.7. The molecule has 0 nitrogen and oxygen atoms in total. The molecule has 0 N–H and O–H groups in total. The van der Waals surface area contributed by atoms with Crippen molar-refractivity contribution < 1.29 is 0 Å². The lowest BCUT2D eigenvalue weighted by molar-refractivity contribution is 0.522.